The summed E-state index contributed by atoms with van der Waals surface area (Å²) >= 11 is 0. The lowest BCUT2D eigenvalue weighted by molar-refractivity contribution is -0.139. The normalized spacial score (nSPS) is 21.1. The second kappa shape index (κ2) is 5.46. The molecule has 1 atom stereocenters. The lowest BCUT2D eigenvalue weighted by Crippen LogP contribution is -2.60. The molecule has 98 valence electrons. The Hall–Kier alpha value is -1.15. The predicted octanol–water partition coefficient (Wildman–Crippen LogP) is -2.42. The van der Waals surface area contributed by atoms with E-state index in [1.807, 2.05) is 0 Å². The van der Waals surface area contributed by atoms with Crippen LogP contribution in [0.4, 0.5) is 0 Å². The third kappa shape index (κ3) is 3.97. The molecule has 17 heavy (non-hydrogen) atoms. The molecule has 0 aliphatic carbocycles. The van der Waals surface area contributed by atoms with Crippen LogP contribution in [0, 0.1) is 0 Å². The Bertz CT molecular complexity index is 406. The number of sulfone groups is 1. The molecule has 0 aromatic rings. The van der Waals surface area contributed by atoms with E-state index in [-0.39, 0.29) is 5.91 Å². The van der Waals surface area contributed by atoms with Crippen molar-refractivity contribution >= 4 is 21.7 Å². The van der Waals surface area contributed by atoms with Gasteiger partial charge in [-0.1, -0.05) is 0 Å². The summed E-state index contributed by atoms with van der Waals surface area (Å²) in [7, 11) is -1.89. The van der Waals surface area contributed by atoms with Crippen molar-refractivity contribution in [2.24, 2.45) is 0 Å². The van der Waals surface area contributed by atoms with Gasteiger partial charge in [-0.15, -0.1) is 0 Å². The number of likely N-dealkylation sites (N-methyl/N-ethyl adjacent to an activating group) is 1. The van der Waals surface area contributed by atoms with E-state index in [2.05, 4.69) is 10.6 Å². The van der Waals surface area contributed by atoms with Crippen molar-refractivity contribution in [2.45, 2.75) is 6.04 Å². The number of carbonyl (C=O) groups excluding carboxylic acids is 2. The van der Waals surface area contributed by atoms with E-state index in [0.29, 0.717) is 19.6 Å². The van der Waals surface area contributed by atoms with Crippen LogP contribution in [0.3, 0.4) is 0 Å². The highest BCUT2D eigenvalue weighted by molar-refractivity contribution is 7.91. The zero-order valence-corrected chi connectivity index (χ0v) is 10.7. The zero-order valence-electron chi connectivity index (χ0n) is 9.89. The van der Waals surface area contributed by atoms with Crippen LogP contribution in [0.5, 0.6) is 0 Å². The van der Waals surface area contributed by atoms with Gasteiger partial charge >= 0.3 is 0 Å². The van der Waals surface area contributed by atoms with Crippen molar-refractivity contribution in [3.8, 4) is 0 Å². The molecule has 0 bridgehead atoms. The van der Waals surface area contributed by atoms with Crippen molar-refractivity contribution in [3.05, 3.63) is 0 Å². The van der Waals surface area contributed by atoms with Crippen LogP contribution in [0.2, 0.25) is 0 Å². The van der Waals surface area contributed by atoms with Crippen LogP contribution in [0.1, 0.15) is 0 Å². The van der Waals surface area contributed by atoms with E-state index in [1.165, 1.54) is 11.9 Å². The first-order valence-electron chi connectivity index (χ1n) is 5.24. The highest BCUT2D eigenvalue weighted by atomic mass is 32.2. The average molecular weight is 263 g/mol. The molecular formula is C9H17N3O4S. The maximum atomic E-state index is 11.8. The maximum Gasteiger partial charge on any atom is 0.243 e. The van der Waals surface area contributed by atoms with E-state index in [1.54, 1.807) is 0 Å². The Kier molecular flexibility index (Phi) is 4.47. The minimum absolute atomic E-state index is 0.293. The topological polar surface area (TPSA) is 95.6 Å². The van der Waals surface area contributed by atoms with Gasteiger partial charge in [-0.3, -0.25) is 9.59 Å². The first kappa shape index (κ1) is 13.9. The third-order valence-electron chi connectivity index (χ3n) is 2.50. The van der Waals surface area contributed by atoms with Gasteiger partial charge in [-0.05, 0) is 0 Å². The van der Waals surface area contributed by atoms with Crippen LogP contribution >= 0.6 is 0 Å². The molecule has 2 amide bonds. The van der Waals surface area contributed by atoms with E-state index in [9.17, 15) is 18.0 Å². The van der Waals surface area contributed by atoms with Crippen LogP contribution < -0.4 is 10.6 Å². The summed E-state index contributed by atoms with van der Waals surface area (Å²) in [6.07, 6.45) is 1.00. The zero-order chi connectivity index (χ0) is 13.1. The minimum Gasteiger partial charge on any atom is -0.357 e. The van der Waals surface area contributed by atoms with Gasteiger partial charge < -0.3 is 15.5 Å². The average Bonchev–Trinajstić information content (AvgIpc) is 2.25. The molecule has 0 aromatic carbocycles. The smallest absolute Gasteiger partial charge is 0.243 e. The molecule has 0 radical (unpaired) electrons. The van der Waals surface area contributed by atoms with Crippen molar-refractivity contribution in [2.75, 3.05) is 38.7 Å². The number of piperazine rings is 1. The molecule has 7 nitrogen and oxygen atoms in total. The fourth-order valence-corrected chi connectivity index (χ4v) is 2.33. The quantitative estimate of drug-likeness (QED) is 0.591. The van der Waals surface area contributed by atoms with Gasteiger partial charge in [0.05, 0.1) is 0 Å². The Morgan fingerprint density at radius 3 is 2.65 bits per heavy atom. The number of amides is 2. The number of nitrogens with zero attached hydrogens (tertiary/aromatic N) is 1. The fourth-order valence-electron chi connectivity index (χ4n) is 1.71. The maximum absolute atomic E-state index is 11.8. The summed E-state index contributed by atoms with van der Waals surface area (Å²) in [6, 6.07) is -0.636. The molecule has 0 aromatic heterocycles. The predicted molar refractivity (Wildman–Crippen MR) is 62.1 cm³/mol. The Morgan fingerprint density at radius 1 is 1.47 bits per heavy atom. The van der Waals surface area contributed by atoms with E-state index in [0.717, 1.165) is 6.26 Å². The molecular weight excluding hydrogens is 246 g/mol. The summed E-state index contributed by atoms with van der Waals surface area (Å²) in [5.41, 5.74) is 0. The SMILES string of the molecule is CNC(=O)C1CNCCN1C(=O)CS(C)(=O)=O. The van der Waals surface area contributed by atoms with E-state index >= 15 is 0 Å². The molecule has 2 N–H and O–H groups in total. The van der Waals surface area contributed by atoms with E-state index in [4.69, 9.17) is 0 Å². The standard InChI is InChI=1S/C9H17N3O4S/c1-10-9(14)7-5-11-3-4-12(7)8(13)6-17(2,15)16/h7,11H,3-6H2,1-2H3,(H,10,14). The minimum atomic E-state index is -3.37. The molecule has 0 saturated carbocycles. The summed E-state index contributed by atoms with van der Waals surface area (Å²) in [6.45, 7) is 1.24. The highest BCUT2D eigenvalue weighted by Gasteiger charge is 2.32. The van der Waals surface area contributed by atoms with Gasteiger partial charge in [0.25, 0.3) is 0 Å². The highest BCUT2D eigenvalue weighted by Crippen LogP contribution is 2.05. The van der Waals surface area contributed by atoms with Crippen LogP contribution in [0.25, 0.3) is 0 Å². The van der Waals surface area contributed by atoms with Gasteiger partial charge in [-0.25, -0.2) is 8.42 Å². The number of nitrogens with one attached hydrogen (secondary N) is 2. The summed E-state index contributed by atoms with van der Waals surface area (Å²) in [5, 5.41) is 5.45. The molecule has 1 aliphatic heterocycles. The Balaban J connectivity index is 2.78. The molecule has 8 heteroatoms. The van der Waals surface area contributed by atoms with Crippen molar-refractivity contribution < 1.29 is 18.0 Å². The number of hydrogen-bond donors (Lipinski definition) is 2. The van der Waals surface area contributed by atoms with Crippen molar-refractivity contribution in [3.63, 3.8) is 0 Å². The fraction of sp³-hybridized carbons (Fsp3) is 0.778. The first-order chi connectivity index (χ1) is 7.85. The molecule has 1 rings (SSSR count). The molecule has 1 heterocycles. The summed E-state index contributed by atoms with van der Waals surface area (Å²) < 4.78 is 22.1. The number of rotatable bonds is 3. The lowest BCUT2D eigenvalue weighted by Gasteiger charge is -2.34. The molecule has 1 fully saturated rings. The van der Waals surface area contributed by atoms with Crippen LogP contribution in [-0.4, -0.2) is 69.9 Å². The largest absolute Gasteiger partial charge is 0.357 e. The van der Waals surface area contributed by atoms with Gasteiger partial charge in [0.15, 0.2) is 9.84 Å². The second-order valence-corrected chi connectivity index (χ2v) is 6.13. The Morgan fingerprint density at radius 2 is 2.12 bits per heavy atom. The third-order valence-corrected chi connectivity index (χ3v) is 3.27. The first-order valence-corrected chi connectivity index (χ1v) is 7.30. The van der Waals surface area contributed by atoms with E-state index < -0.39 is 27.5 Å². The monoisotopic (exact) mass is 263 g/mol. The molecule has 0 spiro atoms. The van der Waals surface area contributed by atoms with Gasteiger partial charge in [-0.2, -0.15) is 0 Å². The summed E-state index contributed by atoms with van der Waals surface area (Å²) in [4.78, 5) is 24.7. The Labute approximate surface area is 100 Å². The van der Waals surface area contributed by atoms with Gasteiger partial charge in [0, 0.05) is 32.9 Å². The van der Waals surface area contributed by atoms with Gasteiger partial charge in [0.2, 0.25) is 11.8 Å². The van der Waals surface area contributed by atoms with Gasteiger partial charge in [0.1, 0.15) is 11.8 Å². The molecule has 1 unspecified atom stereocenters. The van der Waals surface area contributed by atoms with Crippen molar-refractivity contribution in [1.29, 1.82) is 0 Å². The van der Waals surface area contributed by atoms with Crippen LogP contribution in [0.15, 0.2) is 0 Å². The van der Waals surface area contributed by atoms with Crippen LogP contribution in [-0.2, 0) is 19.4 Å². The van der Waals surface area contributed by atoms with Crippen molar-refractivity contribution in [1.82, 2.24) is 15.5 Å². The molecule has 1 aliphatic rings. The summed E-state index contributed by atoms with van der Waals surface area (Å²) in [5.74, 6) is -1.37. The molecule has 1 saturated heterocycles. The second-order valence-electron chi connectivity index (χ2n) is 3.99. The number of hydrogen-bond acceptors (Lipinski definition) is 5. The lowest BCUT2D eigenvalue weighted by atomic mass is 10.2. The number of carbonyl (C=O) groups is 2.